The van der Waals surface area contributed by atoms with Gasteiger partial charge in [0.05, 0.1) is 6.07 Å². The topological polar surface area (TPSA) is 27.0 Å². The maximum Gasteiger partial charge on any atom is 0.130 e. The molecule has 0 aliphatic carbocycles. The van der Waals surface area contributed by atoms with Crippen molar-refractivity contribution in [2.24, 2.45) is 0 Å². The average molecular weight is 210 g/mol. The lowest BCUT2D eigenvalue weighted by Crippen LogP contribution is -2.20. The third-order valence-electron chi connectivity index (χ3n) is 2.10. The third-order valence-corrected chi connectivity index (χ3v) is 2.10. The van der Waals surface area contributed by atoms with Gasteiger partial charge in [-0.2, -0.15) is 5.26 Å². The molecule has 0 aliphatic heterocycles. The minimum Gasteiger partial charge on any atom is -0.301 e. The molecule has 0 heterocycles. The summed E-state index contributed by atoms with van der Waals surface area (Å²) in [4.78, 5) is 1.71. The van der Waals surface area contributed by atoms with Crippen LogP contribution in [-0.4, -0.2) is 18.5 Å². The Bertz CT molecular complexity index is 351. The van der Waals surface area contributed by atoms with Crippen molar-refractivity contribution in [3.05, 3.63) is 35.4 Å². The Hall–Kier alpha value is -1.47. The van der Waals surface area contributed by atoms with E-state index < -0.39 is 11.6 Å². The predicted octanol–water partition coefficient (Wildman–Crippen LogP) is 2.31. The Balaban J connectivity index is 2.68. The van der Waals surface area contributed by atoms with Crippen LogP contribution in [0.5, 0.6) is 0 Å². The molecule has 1 aromatic rings. The van der Waals surface area contributed by atoms with E-state index in [1.165, 1.54) is 18.2 Å². The summed E-state index contributed by atoms with van der Waals surface area (Å²) < 4.78 is 26.4. The second kappa shape index (κ2) is 5.42. The van der Waals surface area contributed by atoms with Crippen molar-refractivity contribution in [2.75, 3.05) is 13.6 Å². The molecule has 0 unspecified atom stereocenters. The molecular formula is C11H12F2N2. The molecule has 0 saturated carbocycles. The van der Waals surface area contributed by atoms with Crippen molar-refractivity contribution in [1.82, 2.24) is 4.90 Å². The monoisotopic (exact) mass is 210 g/mol. The molecule has 0 spiro atoms. The Morgan fingerprint density at radius 1 is 1.33 bits per heavy atom. The normalized spacial score (nSPS) is 10.3. The lowest BCUT2D eigenvalue weighted by Gasteiger charge is -2.15. The van der Waals surface area contributed by atoms with Gasteiger partial charge in [0.2, 0.25) is 0 Å². The molecule has 0 fully saturated rings. The van der Waals surface area contributed by atoms with Gasteiger partial charge in [-0.25, -0.2) is 8.78 Å². The van der Waals surface area contributed by atoms with Crippen molar-refractivity contribution in [1.29, 1.82) is 5.26 Å². The quantitative estimate of drug-likeness (QED) is 0.762. The van der Waals surface area contributed by atoms with E-state index in [1.807, 2.05) is 6.07 Å². The molecule has 0 amide bonds. The number of nitrogens with zero attached hydrogens (tertiary/aromatic N) is 2. The van der Waals surface area contributed by atoms with Crippen molar-refractivity contribution >= 4 is 0 Å². The largest absolute Gasteiger partial charge is 0.301 e. The molecule has 0 atom stereocenters. The van der Waals surface area contributed by atoms with Gasteiger partial charge in [0.1, 0.15) is 11.6 Å². The van der Waals surface area contributed by atoms with Crippen molar-refractivity contribution in [3.8, 4) is 6.07 Å². The van der Waals surface area contributed by atoms with Gasteiger partial charge in [0.25, 0.3) is 0 Å². The summed E-state index contributed by atoms with van der Waals surface area (Å²) in [5.74, 6) is -1.09. The van der Waals surface area contributed by atoms with Crippen LogP contribution in [0.3, 0.4) is 0 Å². The van der Waals surface area contributed by atoms with Gasteiger partial charge in [-0.3, -0.25) is 0 Å². The molecule has 0 aliphatic rings. The summed E-state index contributed by atoms with van der Waals surface area (Å²) in [6.45, 7) is 0.685. The Kier molecular flexibility index (Phi) is 4.19. The van der Waals surface area contributed by atoms with Gasteiger partial charge < -0.3 is 4.90 Å². The number of hydrogen-bond acceptors (Lipinski definition) is 2. The standard InChI is InChI=1S/C11H12F2N2/c1-15(7-3-6-14)8-9-10(12)4-2-5-11(9)13/h2,4-5H,3,7-8H2,1H3. The van der Waals surface area contributed by atoms with Crippen LogP contribution in [0, 0.1) is 23.0 Å². The smallest absolute Gasteiger partial charge is 0.130 e. The van der Waals surface area contributed by atoms with Crippen LogP contribution < -0.4 is 0 Å². The molecule has 0 saturated heterocycles. The molecule has 0 bridgehead atoms. The lowest BCUT2D eigenvalue weighted by atomic mass is 10.2. The van der Waals surface area contributed by atoms with Crippen LogP contribution >= 0.6 is 0 Å². The summed E-state index contributed by atoms with van der Waals surface area (Å²) in [7, 11) is 1.73. The van der Waals surface area contributed by atoms with Crippen molar-refractivity contribution < 1.29 is 8.78 Å². The van der Waals surface area contributed by atoms with Crippen molar-refractivity contribution in [3.63, 3.8) is 0 Å². The van der Waals surface area contributed by atoms with Crippen LogP contribution in [0.4, 0.5) is 8.78 Å². The van der Waals surface area contributed by atoms with Gasteiger partial charge in [0.15, 0.2) is 0 Å². The van der Waals surface area contributed by atoms with Gasteiger partial charge in [-0.05, 0) is 19.2 Å². The second-order valence-electron chi connectivity index (χ2n) is 3.35. The number of nitriles is 1. The molecule has 0 aromatic heterocycles. The molecule has 1 rings (SSSR count). The highest BCUT2D eigenvalue weighted by Gasteiger charge is 2.10. The van der Waals surface area contributed by atoms with Crippen molar-refractivity contribution in [2.45, 2.75) is 13.0 Å². The summed E-state index contributed by atoms with van der Waals surface area (Å²) in [5.41, 5.74) is 0.0536. The minimum atomic E-state index is -0.543. The highest BCUT2D eigenvalue weighted by Crippen LogP contribution is 2.13. The number of hydrogen-bond donors (Lipinski definition) is 0. The first-order valence-electron chi connectivity index (χ1n) is 4.63. The molecular weight excluding hydrogens is 198 g/mol. The third kappa shape index (κ3) is 3.30. The second-order valence-corrected chi connectivity index (χ2v) is 3.35. The zero-order chi connectivity index (χ0) is 11.3. The molecule has 15 heavy (non-hydrogen) atoms. The first-order valence-corrected chi connectivity index (χ1v) is 4.63. The molecule has 0 radical (unpaired) electrons. The highest BCUT2D eigenvalue weighted by atomic mass is 19.1. The molecule has 80 valence electrons. The summed E-state index contributed by atoms with van der Waals surface area (Å²) in [6, 6.07) is 5.79. The fourth-order valence-electron chi connectivity index (χ4n) is 1.27. The Morgan fingerprint density at radius 2 is 1.93 bits per heavy atom. The van der Waals surface area contributed by atoms with E-state index in [1.54, 1.807) is 11.9 Å². The zero-order valence-corrected chi connectivity index (χ0v) is 8.50. The Labute approximate surface area is 87.7 Å². The maximum absolute atomic E-state index is 13.2. The first-order chi connectivity index (χ1) is 7.15. The number of halogens is 2. The fraction of sp³-hybridized carbons (Fsp3) is 0.364. The van der Waals surface area contributed by atoms with Gasteiger partial charge in [-0.1, -0.05) is 6.07 Å². The summed E-state index contributed by atoms with van der Waals surface area (Å²) >= 11 is 0. The molecule has 0 N–H and O–H groups in total. The van der Waals surface area contributed by atoms with E-state index >= 15 is 0 Å². The molecule has 2 nitrogen and oxygen atoms in total. The van der Waals surface area contributed by atoms with Crippen LogP contribution in [0.1, 0.15) is 12.0 Å². The average Bonchev–Trinajstić information content (AvgIpc) is 2.21. The molecule has 1 aromatic carbocycles. The van der Waals surface area contributed by atoms with Gasteiger partial charge >= 0.3 is 0 Å². The van der Waals surface area contributed by atoms with E-state index in [9.17, 15) is 8.78 Å². The van der Waals surface area contributed by atoms with E-state index in [-0.39, 0.29) is 12.1 Å². The highest BCUT2D eigenvalue weighted by molar-refractivity contribution is 5.19. The maximum atomic E-state index is 13.2. The lowest BCUT2D eigenvalue weighted by molar-refractivity contribution is 0.322. The van der Waals surface area contributed by atoms with E-state index in [2.05, 4.69) is 0 Å². The van der Waals surface area contributed by atoms with E-state index in [0.717, 1.165) is 0 Å². The van der Waals surface area contributed by atoms with Gasteiger partial charge in [0, 0.05) is 25.1 Å². The fourth-order valence-corrected chi connectivity index (χ4v) is 1.27. The minimum absolute atomic E-state index is 0.0536. The van der Waals surface area contributed by atoms with Gasteiger partial charge in [-0.15, -0.1) is 0 Å². The predicted molar refractivity (Wildman–Crippen MR) is 52.9 cm³/mol. The molecule has 4 heteroatoms. The van der Waals surface area contributed by atoms with Crippen LogP contribution in [-0.2, 0) is 6.54 Å². The summed E-state index contributed by atoms with van der Waals surface area (Å²) in [6.07, 6.45) is 0.354. The van der Waals surface area contributed by atoms with E-state index in [4.69, 9.17) is 5.26 Å². The number of rotatable bonds is 4. The number of benzene rings is 1. The zero-order valence-electron chi connectivity index (χ0n) is 8.50. The summed E-state index contributed by atoms with van der Waals surface area (Å²) in [5, 5.41) is 8.37. The SMILES string of the molecule is CN(CCC#N)Cc1c(F)cccc1F. The van der Waals surface area contributed by atoms with Crippen LogP contribution in [0.15, 0.2) is 18.2 Å². The first kappa shape index (κ1) is 11.6. The Morgan fingerprint density at radius 3 is 2.47 bits per heavy atom. The van der Waals surface area contributed by atoms with E-state index in [0.29, 0.717) is 13.0 Å². The van der Waals surface area contributed by atoms with Crippen LogP contribution in [0.2, 0.25) is 0 Å². The van der Waals surface area contributed by atoms with Crippen LogP contribution in [0.25, 0.3) is 0 Å².